The van der Waals surface area contributed by atoms with Gasteiger partial charge in [-0.15, -0.1) is 0 Å². The third-order valence-electron chi connectivity index (χ3n) is 2.06. The molecule has 0 saturated carbocycles. The Morgan fingerprint density at radius 2 is 1.80 bits per heavy atom. The van der Waals surface area contributed by atoms with Crippen LogP contribution in [-0.2, 0) is 14.4 Å². The van der Waals surface area contributed by atoms with Gasteiger partial charge in [0.05, 0.1) is 5.92 Å². The summed E-state index contributed by atoms with van der Waals surface area (Å²) in [5, 5.41) is 17.5. The van der Waals surface area contributed by atoms with Gasteiger partial charge in [-0.2, -0.15) is 0 Å². The van der Waals surface area contributed by atoms with E-state index in [-0.39, 0.29) is 24.2 Å². The summed E-state index contributed by atoms with van der Waals surface area (Å²) in [6.07, 6.45) is 1.16. The van der Waals surface area contributed by atoms with Gasteiger partial charge in [0, 0.05) is 18.4 Å². The van der Waals surface area contributed by atoms with Gasteiger partial charge in [-0.05, 0) is 6.92 Å². The van der Waals surface area contributed by atoms with Crippen LogP contribution in [0.25, 0.3) is 0 Å². The summed E-state index contributed by atoms with van der Waals surface area (Å²) in [7, 11) is 0. The molecule has 0 aliphatic rings. The average molecular weight is 214 g/mol. The predicted octanol–water partition coefficient (Wildman–Crippen LogP) is 1.09. The molecule has 0 aromatic heterocycles. The molecule has 5 nitrogen and oxygen atoms in total. The zero-order valence-electron chi connectivity index (χ0n) is 8.69. The van der Waals surface area contributed by atoms with E-state index in [0.29, 0.717) is 0 Å². The van der Waals surface area contributed by atoms with E-state index in [4.69, 9.17) is 10.2 Å². The maximum Gasteiger partial charge on any atom is 0.332 e. The van der Waals surface area contributed by atoms with Crippen molar-refractivity contribution < 1.29 is 24.6 Å². The molecule has 0 aromatic rings. The van der Waals surface area contributed by atoms with Crippen molar-refractivity contribution in [1.29, 1.82) is 0 Å². The molecule has 84 valence electrons. The maximum absolute atomic E-state index is 11.1. The number of carboxylic acid groups (broad SMARTS) is 2. The van der Waals surface area contributed by atoms with Gasteiger partial charge in [0.25, 0.3) is 0 Å². The molecule has 5 heteroatoms. The highest BCUT2D eigenvalue weighted by Gasteiger charge is 2.28. The third kappa shape index (κ3) is 3.93. The molecule has 0 heterocycles. The van der Waals surface area contributed by atoms with Crippen molar-refractivity contribution in [2.75, 3.05) is 0 Å². The number of aliphatic carboxylic acids is 2. The van der Waals surface area contributed by atoms with Crippen LogP contribution >= 0.6 is 0 Å². The summed E-state index contributed by atoms with van der Waals surface area (Å²) in [5.41, 5.74) is -0.246. The number of hydrogen-bond acceptors (Lipinski definition) is 3. The van der Waals surface area contributed by atoms with Crippen LogP contribution in [0.3, 0.4) is 0 Å². The molecule has 0 bridgehead atoms. The van der Waals surface area contributed by atoms with Crippen molar-refractivity contribution in [1.82, 2.24) is 0 Å². The minimum atomic E-state index is -1.30. The lowest BCUT2D eigenvalue weighted by Crippen LogP contribution is -2.24. The van der Waals surface area contributed by atoms with Gasteiger partial charge in [-0.1, -0.05) is 13.0 Å². The van der Waals surface area contributed by atoms with Crippen molar-refractivity contribution in [2.45, 2.75) is 26.7 Å². The molecule has 1 atom stereocenters. The minimum absolute atomic E-state index is 0.209. The molecule has 1 unspecified atom stereocenters. The first kappa shape index (κ1) is 13.4. The number of carbonyl (C=O) groups is 3. The molecule has 0 rings (SSSR count). The Bertz CT molecular complexity index is 303. The monoisotopic (exact) mass is 214 g/mol. The molecule has 15 heavy (non-hydrogen) atoms. The Labute approximate surface area is 87.4 Å². The summed E-state index contributed by atoms with van der Waals surface area (Å²) in [6.45, 7) is 3.05. The quantitative estimate of drug-likeness (QED) is 0.645. The van der Waals surface area contributed by atoms with Gasteiger partial charge in [-0.3, -0.25) is 9.59 Å². The van der Waals surface area contributed by atoms with Crippen LogP contribution in [-0.4, -0.2) is 27.9 Å². The zero-order chi connectivity index (χ0) is 12.0. The van der Waals surface area contributed by atoms with Crippen molar-refractivity contribution in [3.63, 3.8) is 0 Å². The number of ketones is 1. The molecule has 0 aromatic carbocycles. The van der Waals surface area contributed by atoms with Gasteiger partial charge in [0.2, 0.25) is 0 Å². The second-order valence-corrected chi connectivity index (χ2v) is 3.04. The summed E-state index contributed by atoms with van der Waals surface area (Å²) in [6, 6.07) is 0. The first-order valence-corrected chi connectivity index (χ1v) is 4.58. The SMILES string of the molecule is CC=C(C(=O)O)C(CC(=O)CC)C(=O)O. The number of allylic oxidation sites excluding steroid dienone is 1. The standard InChI is InChI=1S/C10H14O5/c1-3-6(11)5-8(10(14)15)7(4-2)9(12)13/h4,8H,3,5H2,1-2H3,(H,12,13)(H,14,15). The topological polar surface area (TPSA) is 91.7 Å². The number of carboxylic acids is 2. The zero-order valence-corrected chi connectivity index (χ0v) is 8.69. The largest absolute Gasteiger partial charge is 0.481 e. The smallest absolute Gasteiger partial charge is 0.332 e. The molecule has 0 aliphatic heterocycles. The summed E-state index contributed by atoms with van der Waals surface area (Å²) >= 11 is 0. The van der Waals surface area contributed by atoms with E-state index in [9.17, 15) is 14.4 Å². The second kappa shape index (κ2) is 5.95. The first-order chi connectivity index (χ1) is 6.93. The van der Waals surface area contributed by atoms with Crippen LogP contribution in [0.1, 0.15) is 26.7 Å². The highest BCUT2D eigenvalue weighted by molar-refractivity contribution is 5.96. The van der Waals surface area contributed by atoms with E-state index in [1.807, 2.05) is 0 Å². The van der Waals surface area contributed by atoms with Crippen LogP contribution in [0.4, 0.5) is 0 Å². The van der Waals surface area contributed by atoms with E-state index in [1.165, 1.54) is 13.0 Å². The lowest BCUT2D eigenvalue weighted by atomic mass is 9.92. The van der Waals surface area contributed by atoms with Crippen LogP contribution < -0.4 is 0 Å². The average Bonchev–Trinajstić information content (AvgIpc) is 2.16. The fourth-order valence-corrected chi connectivity index (χ4v) is 1.18. The fourth-order valence-electron chi connectivity index (χ4n) is 1.18. The van der Waals surface area contributed by atoms with Crippen LogP contribution in [0, 0.1) is 5.92 Å². The van der Waals surface area contributed by atoms with Gasteiger partial charge in [0.1, 0.15) is 5.78 Å². The molecule has 0 spiro atoms. The maximum atomic E-state index is 11.1. The van der Waals surface area contributed by atoms with Crippen LogP contribution in [0.5, 0.6) is 0 Å². The van der Waals surface area contributed by atoms with Gasteiger partial charge >= 0.3 is 11.9 Å². The van der Waals surface area contributed by atoms with Gasteiger partial charge in [-0.25, -0.2) is 4.79 Å². The van der Waals surface area contributed by atoms with Gasteiger partial charge < -0.3 is 10.2 Å². The fraction of sp³-hybridized carbons (Fsp3) is 0.500. The summed E-state index contributed by atoms with van der Waals surface area (Å²) < 4.78 is 0. The van der Waals surface area contributed by atoms with E-state index >= 15 is 0 Å². The Morgan fingerprint density at radius 3 is 2.07 bits per heavy atom. The van der Waals surface area contributed by atoms with E-state index in [0.717, 1.165) is 0 Å². The first-order valence-electron chi connectivity index (χ1n) is 4.58. The van der Waals surface area contributed by atoms with Crippen LogP contribution in [0.15, 0.2) is 11.6 Å². The van der Waals surface area contributed by atoms with E-state index < -0.39 is 17.9 Å². The Kier molecular flexibility index (Phi) is 5.30. The number of hydrogen-bond donors (Lipinski definition) is 2. The van der Waals surface area contributed by atoms with Crippen molar-refractivity contribution in [3.05, 3.63) is 11.6 Å². The lowest BCUT2D eigenvalue weighted by molar-refractivity contribution is -0.145. The van der Waals surface area contributed by atoms with Crippen molar-refractivity contribution >= 4 is 17.7 Å². The Balaban J connectivity index is 4.89. The minimum Gasteiger partial charge on any atom is -0.481 e. The number of rotatable bonds is 6. The Morgan fingerprint density at radius 1 is 1.27 bits per heavy atom. The highest BCUT2D eigenvalue weighted by atomic mass is 16.4. The lowest BCUT2D eigenvalue weighted by Gasteiger charge is -2.11. The molecule has 0 aliphatic carbocycles. The van der Waals surface area contributed by atoms with E-state index in [2.05, 4.69) is 0 Å². The number of carbonyl (C=O) groups excluding carboxylic acids is 1. The highest BCUT2D eigenvalue weighted by Crippen LogP contribution is 2.17. The Hall–Kier alpha value is -1.65. The molecule has 0 radical (unpaired) electrons. The molecule has 2 N–H and O–H groups in total. The molecule has 0 fully saturated rings. The van der Waals surface area contributed by atoms with Crippen molar-refractivity contribution in [3.8, 4) is 0 Å². The molecular formula is C10H14O5. The normalized spacial score (nSPS) is 13.3. The second-order valence-electron chi connectivity index (χ2n) is 3.04. The summed E-state index contributed by atoms with van der Waals surface area (Å²) in [4.78, 5) is 32.6. The van der Waals surface area contributed by atoms with Crippen LogP contribution in [0.2, 0.25) is 0 Å². The summed E-state index contributed by atoms with van der Waals surface area (Å²) in [5.74, 6) is -4.09. The predicted molar refractivity (Wildman–Crippen MR) is 52.4 cm³/mol. The molecule has 0 amide bonds. The number of Topliss-reactive ketones (excluding diaryl/α,β-unsaturated/α-hetero) is 1. The third-order valence-corrected chi connectivity index (χ3v) is 2.06. The van der Waals surface area contributed by atoms with Gasteiger partial charge in [0.15, 0.2) is 0 Å². The van der Waals surface area contributed by atoms with E-state index in [1.54, 1.807) is 6.92 Å². The molecule has 0 saturated heterocycles. The van der Waals surface area contributed by atoms with Crippen molar-refractivity contribution in [2.24, 2.45) is 5.92 Å². The molecular weight excluding hydrogens is 200 g/mol.